The van der Waals surface area contributed by atoms with Crippen LogP contribution in [-0.2, 0) is 14.9 Å². The molecule has 0 saturated carbocycles. The number of aromatic nitrogens is 1. The number of benzene rings is 2. The average molecular weight is 532 g/mol. The molecular formula is C22H20F3NO7S2. The zero-order valence-corrected chi connectivity index (χ0v) is 20.3. The summed E-state index contributed by atoms with van der Waals surface area (Å²) in [5.41, 5.74) is -4.71. The van der Waals surface area contributed by atoms with Crippen LogP contribution in [0, 0.1) is 0 Å². The fourth-order valence-electron chi connectivity index (χ4n) is 2.92. The van der Waals surface area contributed by atoms with Gasteiger partial charge in [-0.15, -0.1) is 11.3 Å². The second-order valence-corrected chi connectivity index (χ2v) is 9.15. The fourth-order valence-corrected chi connectivity index (χ4v) is 4.22. The molecule has 0 amide bonds. The molecule has 0 saturated heterocycles. The Balaban J connectivity index is 1.98. The number of esters is 1. The van der Waals surface area contributed by atoms with Gasteiger partial charge < -0.3 is 18.4 Å². The van der Waals surface area contributed by atoms with Crippen molar-refractivity contribution in [1.82, 2.24) is 4.98 Å². The van der Waals surface area contributed by atoms with Crippen molar-refractivity contribution in [3.05, 3.63) is 47.3 Å². The largest absolute Gasteiger partial charge is 0.534 e. The van der Waals surface area contributed by atoms with E-state index in [0.29, 0.717) is 41.0 Å². The summed E-state index contributed by atoms with van der Waals surface area (Å²) in [6.07, 6.45) is 0. The van der Waals surface area contributed by atoms with Crippen LogP contribution in [0.1, 0.15) is 24.2 Å². The van der Waals surface area contributed by atoms with E-state index in [1.807, 2.05) is 13.8 Å². The summed E-state index contributed by atoms with van der Waals surface area (Å²) in [5.74, 6) is -0.769. The number of carbonyl (C=O) groups excluding carboxylic acids is 1. The first kappa shape index (κ1) is 26.3. The molecule has 0 bridgehead atoms. The molecule has 0 aliphatic carbocycles. The van der Waals surface area contributed by atoms with Crippen LogP contribution in [-0.4, -0.2) is 45.2 Å². The molecule has 0 N–H and O–H groups in total. The summed E-state index contributed by atoms with van der Waals surface area (Å²) in [7, 11) is -4.98. The predicted octanol–water partition coefficient (Wildman–Crippen LogP) is 5.29. The minimum atomic E-state index is -5.98. The third-order valence-electron chi connectivity index (χ3n) is 4.46. The molecule has 0 radical (unpaired) electrons. The average Bonchev–Trinajstić information content (AvgIpc) is 3.29. The number of carbonyl (C=O) groups is 1. The highest BCUT2D eigenvalue weighted by atomic mass is 32.2. The van der Waals surface area contributed by atoms with Gasteiger partial charge in [-0.25, -0.2) is 9.78 Å². The van der Waals surface area contributed by atoms with E-state index in [4.69, 9.17) is 9.47 Å². The molecule has 0 aliphatic heterocycles. The number of thiazole rings is 1. The van der Waals surface area contributed by atoms with Gasteiger partial charge in [0.25, 0.3) is 0 Å². The number of hydrogen-bond donors (Lipinski definition) is 0. The molecule has 0 spiro atoms. The smallest absolute Gasteiger partial charge is 0.490 e. The summed E-state index contributed by atoms with van der Waals surface area (Å²) in [6.45, 7) is 4.60. The molecule has 3 aromatic rings. The van der Waals surface area contributed by atoms with Crippen molar-refractivity contribution in [2.45, 2.75) is 19.4 Å². The van der Waals surface area contributed by atoms with Crippen LogP contribution in [0.5, 0.6) is 17.2 Å². The molecule has 0 unspecified atom stereocenters. The number of halogens is 3. The first-order chi connectivity index (χ1) is 16.5. The standard InChI is InChI=1S/C22H20F3NO7S2/c1-4-31-18-9-7-14(11-19(18)32-5-2)20-26-16(12-34-20)13-6-8-17(15(10-13)21(27)30-3)33-35(28,29)22(23,24)25/h6-12H,4-5H2,1-3H3. The maximum absolute atomic E-state index is 12.7. The van der Waals surface area contributed by atoms with E-state index < -0.39 is 32.9 Å². The van der Waals surface area contributed by atoms with Crippen LogP contribution in [0.4, 0.5) is 13.2 Å². The second-order valence-electron chi connectivity index (χ2n) is 6.75. The van der Waals surface area contributed by atoms with Gasteiger partial charge in [0.2, 0.25) is 0 Å². The Morgan fingerprint density at radius 3 is 2.23 bits per heavy atom. The van der Waals surface area contributed by atoms with Crippen molar-refractivity contribution in [3.63, 3.8) is 0 Å². The van der Waals surface area contributed by atoms with Gasteiger partial charge in [0, 0.05) is 16.5 Å². The molecule has 0 fully saturated rings. The quantitative estimate of drug-likeness (QED) is 0.209. The zero-order valence-electron chi connectivity index (χ0n) is 18.7. The van der Waals surface area contributed by atoms with Crippen molar-refractivity contribution in [2.24, 2.45) is 0 Å². The molecule has 8 nitrogen and oxygen atoms in total. The predicted molar refractivity (Wildman–Crippen MR) is 122 cm³/mol. The second kappa shape index (κ2) is 10.5. The van der Waals surface area contributed by atoms with E-state index in [2.05, 4.69) is 13.9 Å². The number of alkyl halides is 3. The normalized spacial score (nSPS) is 11.7. The third-order valence-corrected chi connectivity index (χ3v) is 6.32. The van der Waals surface area contributed by atoms with E-state index in [-0.39, 0.29) is 0 Å². The molecule has 35 heavy (non-hydrogen) atoms. The molecule has 0 aliphatic rings. The topological polar surface area (TPSA) is 101 Å². The maximum Gasteiger partial charge on any atom is 0.534 e. The fraction of sp³-hybridized carbons (Fsp3) is 0.273. The Kier molecular flexibility index (Phi) is 7.90. The molecule has 1 heterocycles. The first-order valence-corrected chi connectivity index (χ1v) is 12.4. The van der Waals surface area contributed by atoms with E-state index >= 15 is 0 Å². The van der Waals surface area contributed by atoms with E-state index in [1.165, 1.54) is 17.4 Å². The molecule has 188 valence electrons. The molecule has 13 heteroatoms. The number of ether oxygens (including phenoxy) is 3. The highest BCUT2D eigenvalue weighted by Crippen LogP contribution is 2.37. The highest BCUT2D eigenvalue weighted by molar-refractivity contribution is 7.88. The van der Waals surface area contributed by atoms with Gasteiger partial charge in [-0.2, -0.15) is 21.6 Å². The number of nitrogens with zero attached hydrogens (tertiary/aromatic N) is 1. The lowest BCUT2D eigenvalue weighted by Gasteiger charge is -2.13. The molecule has 1 aromatic heterocycles. The van der Waals surface area contributed by atoms with Crippen LogP contribution in [0.25, 0.3) is 21.8 Å². The van der Waals surface area contributed by atoms with E-state index in [1.54, 1.807) is 23.6 Å². The summed E-state index contributed by atoms with van der Waals surface area (Å²) in [5, 5.41) is 2.28. The first-order valence-electron chi connectivity index (χ1n) is 10.1. The Hall–Kier alpha value is -3.32. The maximum atomic E-state index is 12.7. The Morgan fingerprint density at radius 2 is 1.60 bits per heavy atom. The zero-order chi connectivity index (χ0) is 25.8. The Labute approximate surface area is 203 Å². The summed E-state index contributed by atoms with van der Waals surface area (Å²) < 4.78 is 80.9. The van der Waals surface area contributed by atoms with Crippen LogP contribution >= 0.6 is 11.3 Å². The molecule has 3 rings (SSSR count). The SMILES string of the molecule is CCOc1ccc(-c2nc(-c3ccc(OS(=O)(=O)C(F)(F)F)c(C(=O)OC)c3)cs2)cc1OCC. The minimum Gasteiger partial charge on any atom is -0.490 e. The van der Waals surface area contributed by atoms with Gasteiger partial charge in [0.1, 0.15) is 10.6 Å². The minimum absolute atomic E-state index is 0.334. The van der Waals surface area contributed by atoms with Crippen molar-refractivity contribution >= 4 is 27.4 Å². The van der Waals surface area contributed by atoms with Crippen molar-refractivity contribution < 1.29 is 44.8 Å². The van der Waals surface area contributed by atoms with E-state index in [0.717, 1.165) is 24.8 Å². The van der Waals surface area contributed by atoms with Gasteiger partial charge >= 0.3 is 21.6 Å². The van der Waals surface area contributed by atoms with Crippen LogP contribution in [0.2, 0.25) is 0 Å². The molecule has 0 atom stereocenters. The highest BCUT2D eigenvalue weighted by Gasteiger charge is 2.49. The van der Waals surface area contributed by atoms with Crippen molar-refractivity contribution in [1.29, 1.82) is 0 Å². The lowest BCUT2D eigenvalue weighted by Crippen LogP contribution is -2.28. The summed E-state index contributed by atoms with van der Waals surface area (Å²) in [4.78, 5) is 16.7. The third kappa shape index (κ3) is 5.85. The lowest BCUT2D eigenvalue weighted by atomic mass is 10.1. The Morgan fingerprint density at radius 1 is 0.971 bits per heavy atom. The van der Waals surface area contributed by atoms with Gasteiger partial charge in [0.05, 0.1) is 26.0 Å². The van der Waals surface area contributed by atoms with Crippen LogP contribution in [0.3, 0.4) is 0 Å². The van der Waals surface area contributed by atoms with Crippen molar-refractivity contribution in [3.8, 4) is 39.1 Å². The van der Waals surface area contributed by atoms with Crippen LogP contribution in [0.15, 0.2) is 41.8 Å². The molecular weight excluding hydrogens is 511 g/mol. The summed E-state index contributed by atoms with van der Waals surface area (Å²) >= 11 is 1.28. The van der Waals surface area contributed by atoms with Crippen LogP contribution < -0.4 is 13.7 Å². The summed E-state index contributed by atoms with van der Waals surface area (Å²) in [6, 6.07) is 8.71. The lowest BCUT2D eigenvalue weighted by molar-refractivity contribution is -0.0500. The number of rotatable bonds is 9. The monoisotopic (exact) mass is 531 g/mol. The van der Waals surface area contributed by atoms with Gasteiger partial charge in [-0.05, 0) is 50.2 Å². The van der Waals surface area contributed by atoms with Crippen molar-refractivity contribution in [2.75, 3.05) is 20.3 Å². The Bertz CT molecular complexity index is 1320. The number of hydrogen-bond acceptors (Lipinski definition) is 9. The van der Waals surface area contributed by atoms with Gasteiger partial charge in [-0.1, -0.05) is 0 Å². The van der Waals surface area contributed by atoms with E-state index in [9.17, 15) is 26.4 Å². The number of methoxy groups -OCH3 is 1. The molecule has 2 aromatic carbocycles. The van der Waals surface area contributed by atoms with Gasteiger partial charge in [-0.3, -0.25) is 0 Å². The van der Waals surface area contributed by atoms with Gasteiger partial charge in [0.15, 0.2) is 17.2 Å².